The highest BCUT2D eigenvalue weighted by Crippen LogP contribution is 2.15. The molecule has 1 N–H and O–H groups in total. The predicted octanol–water partition coefficient (Wildman–Crippen LogP) is 2.24. The second kappa shape index (κ2) is 4.21. The van der Waals surface area contributed by atoms with E-state index in [1.165, 1.54) is 0 Å². The number of benzene rings is 1. The quantitative estimate of drug-likeness (QED) is 0.705. The van der Waals surface area contributed by atoms with Crippen LogP contribution in [0.1, 0.15) is 6.92 Å². The fourth-order valence-electron chi connectivity index (χ4n) is 0.686. The maximum atomic E-state index is 5.72. The molecule has 11 heavy (non-hydrogen) atoms. The van der Waals surface area contributed by atoms with E-state index in [1.807, 2.05) is 19.1 Å². The van der Waals surface area contributed by atoms with Crippen molar-refractivity contribution in [3.63, 3.8) is 0 Å². The van der Waals surface area contributed by atoms with Crippen molar-refractivity contribution in [1.29, 1.82) is 0 Å². The minimum Gasteiger partial charge on any atom is -0.409 e. The molecule has 0 radical (unpaired) electrons. The summed E-state index contributed by atoms with van der Waals surface area (Å²) in [4.78, 5) is 5.10. The smallest absolute Gasteiger partial charge is 0.148 e. The van der Waals surface area contributed by atoms with Gasteiger partial charge in [0.2, 0.25) is 0 Å². The van der Waals surface area contributed by atoms with Crippen molar-refractivity contribution in [3.8, 4) is 5.75 Å². The van der Waals surface area contributed by atoms with Crippen molar-refractivity contribution in [2.75, 3.05) is 6.54 Å². The highest BCUT2D eigenvalue weighted by molar-refractivity contribution is 6.30. The summed E-state index contributed by atoms with van der Waals surface area (Å²) >= 11 is 5.72. The number of nitrogens with one attached hydrogen (secondary N) is 1. The average molecular weight is 172 g/mol. The van der Waals surface area contributed by atoms with Gasteiger partial charge in [-0.3, -0.25) is 0 Å². The Morgan fingerprint density at radius 1 is 1.55 bits per heavy atom. The summed E-state index contributed by atoms with van der Waals surface area (Å²) in [5.41, 5.74) is 2.73. The van der Waals surface area contributed by atoms with E-state index in [4.69, 9.17) is 16.4 Å². The standard InChI is InChI=1S/C8H10ClNO/c1-2-10-11-8-5-3-4-7(9)6-8/h3-6,10H,2H2,1H3. The van der Waals surface area contributed by atoms with Crippen LogP contribution in [0.4, 0.5) is 0 Å². The Hall–Kier alpha value is -0.730. The van der Waals surface area contributed by atoms with Crippen molar-refractivity contribution < 1.29 is 4.84 Å². The molecular weight excluding hydrogens is 162 g/mol. The summed E-state index contributed by atoms with van der Waals surface area (Å²) in [7, 11) is 0. The molecule has 0 unspecified atom stereocenters. The Bertz CT molecular complexity index is 227. The molecule has 2 nitrogen and oxygen atoms in total. The zero-order valence-corrected chi connectivity index (χ0v) is 7.06. The van der Waals surface area contributed by atoms with Gasteiger partial charge < -0.3 is 4.84 Å². The fraction of sp³-hybridized carbons (Fsp3) is 0.250. The van der Waals surface area contributed by atoms with Crippen molar-refractivity contribution in [1.82, 2.24) is 5.48 Å². The Kier molecular flexibility index (Phi) is 3.20. The lowest BCUT2D eigenvalue weighted by atomic mass is 10.3. The van der Waals surface area contributed by atoms with E-state index in [0.717, 1.165) is 12.3 Å². The molecule has 0 aromatic heterocycles. The zero-order valence-electron chi connectivity index (χ0n) is 6.30. The van der Waals surface area contributed by atoms with Gasteiger partial charge in [0.25, 0.3) is 0 Å². The van der Waals surface area contributed by atoms with Crippen LogP contribution in [-0.2, 0) is 0 Å². The van der Waals surface area contributed by atoms with Crippen molar-refractivity contribution in [2.45, 2.75) is 6.92 Å². The Morgan fingerprint density at radius 3 is 3.00 bits per heavy atom. The molecule has 1 aromatic rings. The lowest BCUT2D eigenvalue weighted by Gasteiger charge is -2.03. The largest absolute Gasteiger partial charge is 0.409 e. The molecule has 0 aliphatic carbocycles. The van der Waals surface area contributed by atoms with Crippen LogP contribution in [0, 0.1) is 0 Å². The molecule has 3 heteroatoms. The molecule has 0 aliphatic rings. The van der Waals surface area contributed by atoms with Crippen LogP contribution in [0.2, 0.25) is 5.02 Å². The van der Waals surface area contributed by atoms with E-state index >= 15 is 0 Å². The topological polar surface area (TPSA) is 21.3 Å². The summed E-state index contributed by atoms with van der Waals surface area (Å²) in [5, 5.41) is 0.681. The van der Waals surface area contributed by atoms with Gasteiger partial charge in [0.1, 0.15) is 5.75 Å². The molecule has 0 spiro atoms. The minimum atomic E-state index is 0.681. The first kappa shape index (κ1) is 8.37. The molecule has 0 fully saturated rings. The summed E-state index contributed by atoms with van der Waals surface area (Å²) in [5.74, 6) is 0.736. The van der Waals surface area contributed by atoms with Crippen LogP contribution in [-0.4, -0.2) is 6.54 Å². The first-order valence-electron chi connectivity index (χ1n) is 3.48. The van der Waals surface area contributed by atoms with Gasteiger partial charge in [-0.2, -0.15) is 5.48 Å². The zero-order chi connectivity index (χ0) is 8.10. The normalized spacial score (nSPS) is 9.64. The van der Waals surface area contributed by atoms with Crippen LogP contribution in [0.15, 0.2) is 24.3 Å². The third-order valence-electron chi connectivity index (χ3n) is 1.13. The molecule has 0 aliphatic heterocycles. The number of hydrogen-bond acceptors (Lipinski definition) is 2. The molecule has 0 amide bonds. The van der Waals surface area contributed by atoms with Crippen LogP contribution < -0.4 is 10.3 Å². The van der Waals surface area contributed by atoms with E-state index in [-0.39, 0.29) is 0 Å². The van der Waals surface area contributed by atoms with Crippen molar-refractivity contribution in [3.05, 3.63) is 29.3 Å². The van der Waals surface area contributed by atoms with E-state index in [9.17, 15) is 0 Å². The minimum absolute atomic E-state index is 0.681. The molecule has 1 aromatic carbocycles. The summed E-state index contributed by atoms with van der Waals surface area (Å²) in [6.07, 6.45) is 0. The molecule has 0 saturated carbocycles. The number of halogens is 1. The number of rotatable bonds is 3. The monoisotopic (exact) mass is 171 g/mol. The van der Waals surface area contributed by atoms with Gasteiger partial charge in [0.05, 0.1) is 0 Å². The van der Waals surface area contributed by atoms with Gasteiger partial charge in [0, 0.05) is 17.6 Å². The van der Waals surface area contributed by atoms with Crippen LogP contribution in [0.5, 0.6) is 5.75 Å². The van der Waals surface area contributed by atoms with Crippen molar-refractivity contribution in [2.24, 2.45) is 0 Å². The first-order valence-corrected chi connectivity index (χ1v) is 3.86. The van der Waals surface area contributed by atoms with Gasteiger partial charge in [-0.15, -0.1) is 0 Å². The van der Waals surface area contributed by atoms with Gasteiger partial charge in [-0.1, -0.05) is 17.7 Å². The molecule has 0 bridgehead atoms. The van der Waals surface area contributed by atoms with E-state index in [1.54, 1.807) is 12.1 Å². The lowest BCUT2D eigenvalue weighted by molar-refractivity contribution is 0.202. The summed E-state index contributed by atoms with van der Waals surface area (Å²) < 4.78 is 0. The average Bonchev–Trinajstić information content (AvgIpc) is 2.01. The van der Waals surface area contributed by atoms with E-state index in [2.05, 4.69) is 5.48 Å². The van der Waals surface area contributed by atoms with E-state index in [0.29, 0.717) is 5.02 Å². The SMILES string of the molecule is CCNOc1cccc(Cl)c1. The summed E-state index contributed by atoms with van der Waals surface area (Å²) in [6, 6.07) is 7.24. The molecule has 0 atom stereocenters. The van der Waals surface area contributed by atoms with Crippen LogP contribution >= 0.6 is 11.6 Å². The van der Waals surface area contributed by atoms with Crippen LogP contribution in [0.3, 0.4) is 0 Å². The Labute approximate surface area is 71.1 Å². The molecule has 0 heterocycles. The second-order valence-electron chi connectivity index (χ2n) is 2.06. The Morgan fingerprint density at radius 2 is 2.36 bits per heavy atom. The van der Waals surface area contributed by atoms with Gasteiger partial charge >= 0.3 is 0 Å². The maximum Gasteiger partial charge on any atom is 0.148 e. The third-order valence-corrected chi connectivity index (χ3v) is 1.37. The fourth-order valence-corrected chi connectivity index (χ4v) is 0.866. The van der Waals surface area contributed by atoms with Gasteiger partial charge in [-0.25, -0.2) is 0 Å². The molecule has 1 rings (SSSR count). The Balaban J connectivity index is 2.56. The van der Waals surface area contributed by atoms with E-state index < -0.39 is 0 Å². The van der Waals surface area contributed by atoms with Gasteiger partial charge in [0.15, 0.2) is 0 Å². The second-order valence-corrected chi connectivity index (χ2v) is 2.49. The molecule has 60 valence electrons. The third kappa shape index (κ3) is 2.78. The predicted molar refractivity (Wildman–Crippen MR) is 45.8 cm³/mol. The molecule has 0 saturated heterocycles. The number of hydroxylamine groups is 1. The van der Waals surface area contributed by atoms with Crippen LogP contribution in [0.25, 0.3) is 0 Å². The maximum absolute atomic E-state index is 5.72. The lowest BCUT2D eigenvalue weighted by Crippen LogP contribution is -2.16. The molecular formula is C8H10ClNO. The first-order chi connectivity index (χ1) is 5.33. The number of hydrogen-bond donors (Lipinski definition) is 1. The highest BCUT2D eigenvalue weighted by atomic mass is 35.5. The highest BCUT2D eigenvalue weighted by Gasteiger charge is 1.92. The van der Waals surface area contributed by atoms with Gasteiger partial charge in [-0.05, 0) is 19.1 Å². The summed E-state index contributed by atoms with van der Waals surface area (Å²) in [6.45, 7) is 2.73. The van der Waals surface area contributed by atoms with Crippen molar-refractivity contribution >= 4 is 11.6 Å².